The van der Waals surface area contributed by atoms with E-state index in [1.54, 1.807) is 29.2 Å². The number of carbonyl (C=O) groups excluding carboxylic acids is 2. The lowest BCUT2D eigenvalue weighted by atomic mass is 10.1. The van der Waals surface area contributed by atoms with Crippen LogP contribution >= 0.6 is 22.9 Å². The van der Waals surface area contributed by atoms with Crippen LogP contribution in [0.15, 0.2) is 28.5 Å². The van der Waals surface area contributed by atoms with Crippen LogP contribution in [-0.4, -0.2) is 62.3 Å². The number of hydrogen-bond donors (Lipinski definition) is 1. The third kappa shape index (κ3) is 4.42. The predicted molar refractivity (Wildman–Crippen MR) is 113 cm³/mol. The van der Waals surface area contributed by atoms with Gasteiger partial charge < -0.3 is 9.80 Å². The Labute approximate surface area is 178 Å². The van der Waals surface area contributed by atoms with Gasteiger partial charge in [-0.15, -0.1) is 11.3 Å². The summed E-state index contributed by atoms with van der Waals surface area (Å²) in [5.74, 6) is -0.405. The van der Waals surface area contributed by atoms with Gasteiger partial charge in [-0.1, -0.05) is 17.7 Å². The van der Waals surface area contributed by atoms with Crippen LogP contribution in [-0.2, 0) is 19.6 Å². The zero-order chi connectivity index (χ0) is 20.6. The van der Waals surface area contributed by atoms with Crippen molar-refractivity contribution in [1.29, 1.82) is 0 Å². The van der Waals surface area contributed by atoms with Crippen molar-refractivity contribution in [2.45, 2.75) is 35.9 Å². The highest BCUT2D eigenvalue weighted by Crippen LogP contribution is 2.31. The minimum atomic E-state index is -3.85. The number of thiophene rings is 1. The van der Waals surface area contributed by atoms with Crippen molar-refractivity contribution in [3.63, 3.8) is 0 Å². The summed E-state index contributed by atoms with van der Waals surface area (Å²) in [5, 5.41) is 1.32. The van der Waals surface area contributed by atoms with Gasteiger partial charge in [0.2, 0.25) is 11.8 Å². The minimum absolute atomic E-state index is 0.0123. The second-order valence-electron chi connectivity index (χ2n) is 7.41. The molecule has 0 bridgehead atoms. The van der Waals surface area contributed by atoms with E-state index >= 15 is 0 Å². The Bertz CT molecular complexity index is 1050. The van der Waals surface area contributed by atoms with Crippen molar-refractivity contribution < 1.29 is 18.0 Å². The van der Waals surface area contributed by atoms with E-state index in [2.05, 4.69) is 4.72 Å². The standard InChI is InChI=1S/C19H22ClN3O4S2/c20-14-6-5-13-10-18(28-16(13)11-14)29(26,27)21-15-4-3-9-23(19(15)25)12-17(24)22-7-1-2-8-22/h5-6,10-11,15,21H,1-4,7-9,12H2/t15-/m1/s1. The zero-order valence-corrected chi connectivity index (χ0v) is 18.2. The van der Waals surface area contributed by atoms with Crippen LogP contribution in [0.3, 0.4) is 0 Å². The van der Waals surface area contributed by atoms with E-state index in [-0.39, 0.29) is 22.6 Å². The summed E-state index contributed by atoms with van der Waals surface area (Å²) in [6.07, 6.45) is 3.04. The lowest BCUT2D eigenvalue weighted by molar-refractivity contribution is -0.142. The molecule has 29 heavy (non-hydrogen) atoms. The van der Waals surface area contributed by atoms with Crippen LogP contribution in [0.25, 0.3) is 10.1 Å². The number of likely N-dealkylation sites (tertiary alicyclic amines) is 2. The third-order valence-electron chi connectivity index (χ3n) is 5.34. The average Bonchev–Trinajstić information content (AvgIpc) is 3.34. The highest BCUT2D eigenvalue weighted by molar-refractivity contribution is 7.91. The molecule has 10 heteroatoms. The molecule has 0 unspecified atom stereocenters. The molecule has 4 rings (SSSR count). The van der Waals surface area contributed by atoms with Crippen LogP contribution in [0.1, 0.15) is 25.7 Å². The summed E-state index contributed by atoms with van der Waals surface area (Å²) >= 11 is 7.10. The molecule has 1 N–H and O–H groups in total. The van der Waals surface area contributed by atoms with Gasteiger partial charge in [-0.05, 0) is 49.3 Å². The molecule has 2 saturated heterocycles. The minimum Gasteiger partial charge on any atom is -0.341 e. The van der Waals surface area contributed by atoms with Gasteiger partial charge in [-0.2, -0.15) is 4.72 Å². The maximum Gasteiger partial charge on any atom is 0.250 e. The number of sulfonamides is 1. The molecule has 2 aliphatic rings. The fourth-order valence-corrected chi connectivity index (χ4v) is 6.71. The Balaban J connectivity index is 1.46. The molecule has 1 atom stereocenters. The van der Waals surface area contributed by atoms with Gasteiger partial charge in [-0.25, -0.2) is 8.42 Å². The number of carbonyl (C=O) groups is 2. The fraction of sp³-hybridized carbons (Fsp3) is 0.474. The zero-order valence-electron chi connectivity index (χ0n) is 15.8. The summed E-state index contributed by atoms with van der Waals surface area (Å²) in [6.45, 7) is 1.94. The summed E-state index contributed by atoms with van der Waals surface area (Å²) in [7, 11) is -3.85. The van der Waals surface area contributed by atoms with Crippen LogP contribution < -0.4 is 4.72 Å². The number of rotatable bonds is 5. The molecule has 7 nitrogen and oxygen atoms in total. The smallest absolute Gasteiger partial charge is 0.250 e. The molecule has 156 valence electrons. The molecule has 1 aromatic heterocycles. The van der Waals surface area contributed by atoms with Crippen LogP contribution in [0.2, 0.25) is 5.02 Å². The molecule has 2 aliphatic heterocycles. The van der Waals surface area contributed by atoms with Gasteiger partial charge in [0.1, 0.15) is 10.3 Å². The van der Waals surface area contributed by atoms with E-state index in [0.717, 1.165) is 47.4 Å². The van der Waals surface area contributed by atoms with Gasteiger partial charge in [0.05, 0.1) is 6.54 Å². The maximum absolute atomic E-state index is 12.9. The first-order valence-electron chi connectivity index (χ1n) is 9.61. The van der Waals surface area contributed by atoms with E-state index in [0.29, 0.717) is 24.4 Å². The monoisotopic (exact) mass is 455 g/mol. The van der Waals surface area contributed by atoms with Crippen molar-refractivity contribution >= 4 is 54.9 Å². The first-order chi connectivity index (χ1) is 13.8. The molecule has 3 heterocycles. The van der Waals surface area contributed by atoms with Crippen molar-refractivity contribution in [3.8, 4) is 0 Å². The number of benzene rings is 1. The first-order valence-corrected chi connectivity index (χ1v) is 12.3. The number of halogens is 1. The topological polar surface area (TPSA) is 86.8 Å². The van der Waals surface area contributed by atoms with Crippen LogP contribution in [0.5, 0.6) is 0 Å². The van der Waals surface area contributed by atoms with E-state index in [9.17, 15) is 18.0 Å². The quantitative estimate of drug-likeness (QED) is 0.750. The van der Waals surface area contributed by atoms with E-state index in [4.69, 9.17) is 11.6 Å². The number of piperidine rings is 1. The van der Waals surface area contributed by atoms with Crippen molar-refractivity contribution in [1.82, 2.24) is 14.5 Å². The third-order valence-corrected chi connectivity index (χ3v) is 8.62. The first kappa shape index (κ1) is 20.6. The van der Waals surface area contributed by atoms with Crippen molar-refractivity contribution in [3.05, 3.63) is 29.3 Å². The molecule has 2 amide bonds. The predicted octanol–water partition coefficient (Wildman–Crippen LogP) is 2.45. The number of fused-ring (bicyclic) bond motifs is 1. The van der Waals surface area contributed by atoms with E-state index in [1.807, 2.05) is 0 Å². The number of hydrogen-bond acceptors (Lipinski definition) is 5. The number of nitrogens with one attached hydrogen (secondary N) is 1. The Morgan fingerprint density at radius 1 is 1.17 bits per heavy atom. The molecule has 2 fully saturated rings. The van der Waals surface area contributed by atoms with Gasteiger partial charge >= 0.3 is 0 Å². The molecule has 2 aromatic rings. The van der Waals surface area contributed by atoms with E-state index in [1.165, 1.54) is 4.90 Å². The average molecular weight is 456 g/mol. The van der Waals surface area contributed by atoms with Crippen LogP contribution in [0, 0.1) is 0 Å². The summed E-state index contributed by atoms with van der Waals surface area (Å²) in [5.41, 5.74) is 0. The molecule has 0 saturated carbocycles. The Kier molecular flexibility index (Phi) is 5.83. The Morgan fingerprint density at radius 2 is 1.93 bits per heavy atom. The van der Waals surface area contributed by atoms with Crippen molar-refractivity contribution in [2.24, 2.45) is 0 Å². The Morgan fingerprint density at radius 3 is 2.69 bits per heavy atom. The molecule has 0 radical (unpaired) electrons. The molecule has 0 spiro atoms. The highest BCUT2D eigenvalue weighted by Gasteiger charge is 2.34. The second kappa shape index (κ2) is 8.22. The highest BCUT2D eigenvalue weighted by atomic mass is 35.5. The van der Waals surface area contributed by atoms with Gasteiger partial charge in [0, 0.05) is 29.4 Å². The second-order valence-corrected chi connectivity index (χ2v) is 10.9. The normalized spacial score (nSPS) is 20.6. The van der Waals surface area contributed by atoms with Crippen molar-refractivity contribution in [2.75, 3.05) is 26.2 Å². The molecule has 0 aliphatic carbocycles. The summed E-state index contributed by atoms with van der Waals surface area (Å²) in [6, 6.07) is 5.93. The molecular weight excluding hydrogens is 434 g/mol. The number of nitrogens with zero attached hydrogens (tertiary/aromatic N) is 2. The molecule has 1 aromatic carbocycles. The fourth-order valence-electron chi connectivity index (χ4n) is 3.79. The Hall–Kier alpha value is -1.68. The largest absolute Gasteiger partial charge is 0.341 e. The molecular formula is C19H22ClN3O4S2. The number of amides is 2. The SMILES string of the molecule is O=C(CN1CCC[C@@H](NS(=O)(=O)c2cc3ccc(Cl)cc3s2)C1=O)N1CCCC1. The maximum atomic E-state index is 12.9. The lowest BCUT2D eigenvalue weighted by Gasteiger charge is -2.33. The van der Waals surface area contributed by atoms with Gasteiger partial charge in [-0.3, -0.25) is 9.59 Å². The summed E-state index contributed by atoms with van der Waals surface area (Å²) < 4.78 is 29.2. The van der Waals surface area contributed by atoms with Gasteiger partial charge in [0.15, 0.2) is 0 Å². The van der Waals surface area contributed by atoms with E-state index < -0.39 is 16.1 Å². The van der Waals surface area contributed by atoms with Gasteiger partial charge in [0.25, 0.3) is 10.0 Å². The van der Waals surface area contributed by atoms with Crippen LogP contribution in [0.4, 0.5) is 0 Å². The summed E-state index contributed by atoms with van der Waals surface area (Å²) in [4.78, 5) is 28.4. The lowest BCUT2D eigenvalue weighted by Crippen LogP contribution is -2.54.